The fraction of sp³-hybridized carbons (Fsp3) is 0.400. The van der Waals surface area contributed by atoms with Crippen LogP contribution in [0, 0.1) is 5.82 Å². The number of hydrogen-bond donors (Lipinski definition) is 1. The van der Waals surface area contributed by atoms with Gasteiger partial charge in [0.15, 0.2) is 11.6 Å². The van der Waals surface area contributed by atoms with Crippen LogP contribution in [0.5, 0.6) is 5.75 Å². The van der Waals surface area contributed by atoms with Crippen molar-refractivity contribution < 1.29 is 9.13 Å². The minimum Gasteiger partial charge on any atom is -0.494 e. The summed E-state index contributed by atoms with van der Waals surface area (Å²) < 4.78 is 20.6. The van der Waals surface area contributed by atoms with Crippen molar-refractivity contribution in [3.63, 3.8) is 0 Å². The van der Waals surface area contributed by atoms with E-state index in [0.717, 1.165) is 24.2 Å². The van der Waals surface area contributed by atoms with Crippen molar-refractivity contribution >= 4 is 11.6 Å². The fourth-order valence-corrected chi connectivity index (χ4v) is 2.54. The number of hydrogen-bond acceptors (Lipinski definition) is 3. The molecule has 0 aliphatic rings. The van der Waals surface area contributed by atoms with Crippen molar-refractivity contribution in [2.24, 2.45) is 7.05 Å². The summed E-state index contributed by atoms with van der Waals surface area (Å²) >= 11 is 6.23. The molecule has 1 atom stereocenters. The Balaban J connectivity index is 2.43. The van der Waals surface area contributed by atoms with Gasteiger partial charge >= 0.3 is 0 Å². The Morgan fingerprint density at radius 3 is 2.76 bits per heavy atom. The predicted molar refractivity (Wildman–Crippen MR) is 81.3 cm³/mol. The first-order valence-corrected chi connectivity index (χ1v) is 7.20. The molecule has 0 fully saturated rings. The molecule has 1 aromatic carbocycles. The minimum atomic E-state index is -0.392. The Bertz CT molecular complexity index is 595. The molecule has 0 saturated heterocycles. The number of benzene rings is 1. The third-order valence-electron chi connectivity index (χ3n) is 3.32. The number of ether oxygens (including phenoxy) is 1. The summed E-state index contributed by atoms with van der Waals surface area (Å²) in [6.07, 6.45) is 2.56. The predicted octanol–water partition coefficient (Wildman–Crippen LogP) is 3.31. The Kier molecular flexibility index (Phi) is 5.20. The Hall–Kier alpha value is -1.59. The van der Waals surface area contributed by atoms with Crippen LogP contribution in [-0.4, -0.2) is 23.4 Å². The number of aromatic nitrogens is 2. The van der Waals surface area contributed by atoms with Crippen LogP contribution in [-0.2, 0) is 7.05 Å². The number of methoxy groups -OCH3 is 1. The largest absolute Gasteiger partial charge is 0.494 e. The normalized spacial score (nSPS) is 12.4. The number of aryl methyl sites for hydroxylation is 1. The second kappa shape index (κ2) is 6.91. The van der Waals surface area contributed by atoms with Gasteiger partial charge in [-0.3, -0.25) is 4.68 Å². The van der Waals surface area contributed by atoms with Gasteiger partial charge in [0.2, 0.25) is 0 Å². The number of halogens is 2. The molecule has 0 amide bonds. The Morgan fingerprint density at radius 2 is 2.24 bits per heavy atom. The van der Waals surface area contributed by atoms with E-state index in [1.165, 1.54) is 13.2 Å². The number of nitrogens with zero attached hydrogens (tertiary/aromatic N) is 2. The molecule has 4 nitrogen and oxygen atoms in total. The van der Waals surface area contributed by atoms with E-state index in [-0.39, 0.29) is 11.8 Å². The van der Waals surface area contributed by atoms with E-state index >= 15 is 0 Å². The van der Waals surface area contributed by atoms with Gasteiger partial charge in [-0.15, -0.1) is 0 Å². The van der Waals surface area contributed by atoms with Gasteiger partial charge in [0.25, 0.3) is 0 Å². The SMILES string of the molecule is CCCNC(c1ccc(OC)c(F)c1)c1c(Cl)cnn1C. The van der Waals surface area contributed by atoms with Crippen molar-refractivity contribution in [3.8, 4) is 5.75 Å². The smallest absolute Gasteiger partial charge is 0.165 e. The lowest BCUT2D eigenvalue weighted by molar-refractivity contribution is 0.385. The first-order chi connectivity index (χ1) is 10.1. The molecular weight excluding hydrogens is 293 g/mol. The number of nitrogens with one attached hydrogen (secondary N) is 1. The molecule has 1 aromatic heterocycles. The topological polar surface area (TPSA) is 39.1 Å². The molecule has 114 valence electrons. The zero-order valence-corrected chi connectivity index (χ0v) is 13.1. The van der Waals surface area contributed by atoms with E-state index in [2.05, 4.69) is 17.3 Å². The maximum absolute atomic E-state index is 14.0. The van der Waals surface area contributed by atoms with E-state index in [1.807, 2.05) is 13.1 Å². The van der Waals surface area contributed by atoms with Gasteiger partial charge in [0.1, 0.15) is 0 Å². The first-order valence-electron chi connectivity index (χ1n) is 6.82. The monoisotopic (exact) mass is 311 g/mol. The highest BCUT2D eigenvalue weighted by Crippen LogP contribution is 2.30. The van der Waals surface area contributed by atoms with Gasteiger partial charge < -0.3 is 10.1 Å². The van der Waals surface area contributed by atoms with Gasteiger partial charge in [-0.2, -0.15) is 5.10 Å². The quantitative estimate of drug-likeness (QED) is 0.889. The molecule has 1 heterocycles. The van der Waals surface area contributed by atoms with Gasteiger partial charge in [-0.1, -0.05) is 24.6 Å². The molecule has 0 aliphatic heterocycles. The van der Waals surface area contributed by atoms with Crippen LogP contribution in [0.3, 0.4) is 0 Å². The van der Waals surface area contributed by atoms with Crippen molar-refractivity contribution in [2.75, 3.05) is 13.7 Å². The van der Waals surface area contributed by atoms with Gasteiger partial charge in [-0.25, -0.2) is 4.39 Å². The average Bonchev–Trinajstić information content (AvgIpc) is 2.80. The fourth-order valence-electron chi connectivity index (χ4n) is 2.27. The first kappa shape index (κ1) is 15.8. The van der Waals surface area contributed by atoms with E-state index in [0.29, 0.717) is 5.02 Å². The van der Waals surface area contributed by atoms with E-state index in [9.17, 15) is 4.39 Å². The minimum absolute atomic E-state index is 0.217. The van der Waals surface area contributed by atoms with E-state index in [4.69, 9.17) is 16.3 Å². The molecule has 6 heteroatoms. The third-order valence-corrected chi connectivity index (χ3v) is 3.61. The molecule has 2 rings (SSSR count). The number of rotatable bonds is 6. The second-order valence-electron chi connectivity index (χ2n) is 4.78. The summed E-state index contributed by atoms with van der Waals surface area (Å²) in [5.41, 5.74) is 1.60. The van der Waals surface area contributed by atoms with Crippen LogP contribution in [0.15, 0.2) is 24.4 Å². The van der Waals surface area contributed by atoms with Crippen LogP contribution in [0.1, 0.15) is 30.6 Å². The summed E-state index contributed by atoms with van der Waals surface area (Å²) in [7, 11) is 3.27. The summed E-state index contributed by atoms with van der Waals surface area (Å²) in [6, 6.07) is 4.70. The summed E-state index contributed by atoms with van der Waals surface area (Å²) in [5.74, 6) is -0.166. The molecule has 21 heavy (non-hydrogen) atoms. The van der Waals surface area contributed by atoms with Crippen LogP contribution in [0.2, 0.25) is 5.02 Å². The summed E-state index contributed by atoms with van der Waals surface area (Å²) in [4.78, 5) is 0. The zero-order chi connectivity index (χ0) is 15.4. The van der Waals surface area contributed by atoms with Crippen LogP contribution >= 0.6 is 11.6 Å². The molecule has 0 spiro atoms. The highest BCUT2D eigenvalue weighted by atomic mass is 35.5. The molecule has 0 saturated carbocycles. The van der Waals surface area contributed by atoms with Crippen LogP contribution < -0.4 is 10.1 Å². The highest BCUT2D eigenvalue weighted by Gasteiger charge is 2.21. The van der Waals surface area contributed by atoms with Crippen molar-refractivity contribution in [1.29, 1.82) is 0 Å². The Labute approximate surface area is 128 Å². The van der Waals surface area contributed by atoms with E-state index in [1.54, 1.807) is 16.9 Å². The molecule has 2 aromatic rings. The lowest BCUT2D eigenvalue weighted by Gasteiger charge is -2.20. The maximum atomic E-state index is 14.0. The standard InChI is InChI=1S/C15H19ClFN3O/c1-4-7-18-14(15-11(16)9-19-20(15)2)10-5-6-13(21-3)12(17)8-10/h5-6,8-9,14,18H,4,7H2,1-3H3. The summed E-state index contributed by atoms with van der Waals surface area (Å²) in [6.45, 7) is 2.86. The van der Waals surface area contributed by atoms with Crippen molar-refractivity contribution in [1.82, 2.24) is 15.1 Å². The molecule has 1 N–H and O–H groups in total. The van der Waals surface area contributed by atoms with Crippen LogP contribution in [0.4, 0.5) is 4.39 Å². The lowest BCUT2D eigenvalue weighted by Crippen LogP contribution is -2.25. The maximum Gasteiger partial charge on any atom is 0.165 e. The second-order valence-corrected chi connectivity index (χ2v) is 5.19. The molecule has 1 unspecified atom stereocenters. The molecule has 0 bridgehead atoms. The van der Waals surface area contributed by atoms with Gasteiger partial charge in [0.05, 0.1) is 30.1 Å². The van der Waals surface area contributed by atoms with Crippen LogP contribution in [0.25, 0.3) is 0 Å². The molecule has 0 aliphatic carbocycles. The van der Waals surface area contributed by atoms with Gasteiger partial charge in [-0.05, 0) is 30.7 Å². The average molecular weight is 312 g/mol. The van der Waals surface area contributed by atoms with Crippen molar-refractivity contribution in [3.05, 3.63) is 46.5 Å². The lowest BCUT2D eigenvalue weighted by atomic mass is 10.0. The molecule has 0 radical (unpaired) electrons. The zero-order valence-electron chi connectivity index (χ0n) is 12.4. The Morgan fingerprint density at radius 1 is 1.48 bits per heavy atom. The van der Waals surface area contributed by atoms with Gasteiger partial charge in [0, 0.05) is 7.05 Å². The van der Waals surface area contributed by atoms with E-state index < -0.39 is 5.82 Å². The highest BCUT2D eigenvalue weighted by molar-refractivity contribution is 6.31. The summed E-state index contributed by atoms with van der Waals surface area (Å²) in [5, 5.41) is 8.09. The third kappa shape index (κ3) is 3.36. The molecular formula is C15H19ClFN3O. The van der Waals surface area contributed by atoms with Crippen molar-refractivity contribution in [2.45, 2.75) is 19.4 Å².